The third kappa shape index (κ3) is 4.03. The summed E-state index contributed by atoms with van der Waals surface area (Å²) in [6.45, 7) is 6.41. The molecule has 0 unspecified atom stereocenters. The highest BCUT2D eigenvalue weighted by Crippen LogP contribution is 2.10. The van der Waals surface area contributed by atoms with Crippen LogP contribution in [0.4, 0.5) is 5.69 Å². The van der Waals surface area contributed by atoms with Crippen molar-refractivity contribution in [3.05, 3.63) is 30.3 Å². The van der Waals surface area contributed by atoms with Gasteiger partial charge in [0.05, 0.1) is 12.6 Å². The lowest BCUT2D eigenvalue weighted by atomic mass is 10.2. The first-order chi connectivity index (χ1) is 9.70. The van der Waals surface area contributed by atoms with Gasteiger partial charge in [-0.1, -0.05) is 18.2 Å². The monoisotopic (exact) mass is 277 g/mol. The SMILES string of the molecule is C[C@H](C(=O)Nc1ccccc1)N1CCN(CCO)CC1. The number of piperazine rings is 1. The number of anilines is 1. The number of rotatable bonds is 5. The lowest BCUT2D eigenvalue weighted by Gasteiger charge is -2.37. The van der Waals surface area contributed by atoms with E-state index in [1.165, 1.54) is 0 Å². The number of para-hydroxylation sites is 1. The molecule has 0 spiro atoms. The van der Waals surface area contributed by atoms with E-state index in [1.54, 1.807) is 0 Å². The Bertz CT molecular complexity index is 416. The van der Waals surface area contributed by atoms with Gasteiger partial charge in [-0.15, -0.1) is 0 Å². The minimum absolute atomic E-state index is 0.0341. The number of hydrogen-bond acceptors (Lipinski definition) is 4. The van der Waals surface area contributed by atoms with Crippen LogP contribution in [0.3, 0.4) is 0 Å². The van der Waals surface area contributed by atoms with E-state index in [4.69, 9.17) is 5.11 Å². The summed E-state index contributed by atoms with van der Waals surface area (Å²) in [6, 6.07) is 9.40. The summed E-state index contributed by atoms with van der Waals surface area (Å²) in [7, 11) is 0. The first-order valence-electron chi connectivity index (χ1n) is 7.14. The topological polar surface area (TPSA) is 55.8 Å². The number of carbonyl (C=O) groups is 1. The molecule has 5 nitrogen and oxygen atoms in total. The summed E-state index contributed by atoms with van der Waals surface area (Å²) in [4.78, 5) is 16.6. The van der Waals surface area contributed by atoms with Gasteiger partial charge in [0.2, 0.25) is 5.91 Å². The van der Waals surface area contributed by atoms with E-state index in [-0.39, 0.29) is 18.6 Å². The van der Waals surface area contributed by atoms with E-state index in [9.17, 15) is 4.79 Å². The first-order valence-corrected chi connectivity index (χ1v) is 7.14. The lowest BCUT2D eigenvalue weighted by Crippen LogP contribution is -2.53. The standard InChI is InChI=1S/C15H23N3O2/c1-13(15(20)16-14-5-3-2-4-6-14)18-9-7-17(8-10-18)11-12-19/h2-6,13,19H,7-12H2,1H3,(H,16,20)/t13-/m1/s1. The van der Waals surface area contributed by atoms with E-state index in [0.717, 1.165) is 38.4 Å². The van der Waals surface area contributed by atoms with Crippen molar-refractivity contribution in [2.24, 2.45) is 0 Å². The van der Waals surface area contributed by atoms with Crippen LogP contribution in [0.25, 0.3) is 0 Å². The Morgan fingerprint density at radius 3 is 2.50 bits per heavy atom. The van der Waals surface area contributed by atoms with Crippen LogP contribution in [0.2, 0.25) is 0 Å². The maximum absolute atomic E-state index is 12.2. The smallest absolute Gasteiger partial charge is 0.241 e. The summed E-state index contributed by atoms with van der Waals surface area (Å²) < 4.78 is 0. The molecular weight excluding hydrogens is 254 g/mol. The number of aliphatic hydroxyl groups is 1. The lowest BCUT2D eigenvalue weighted by molar-refractivity contribution is -0.121. The Morgan fingerprint density at radius 2 is 1.90 bits per heavy atom. The molecule has 1 amide bonds. The molecule has 2 rings (SSSR count). The van der Waals surface area contributed by atoms with Crippen molar-refractivity contribution < 1.29 is 9.90 Å². The molecule has 1 heterocycles. The molecule has 0 bridgehead atoms. The van der Waals surface area contributed by atoms with Crippen molar-refractivity contribution in [1.29, 1.82) is 0 Å². The molecule has 0 aliphatic carbocycles. The molecule has 1 fully saturated rings. The minimum atomic E-state index is -0.133. The summed E-state index contributed by atoms with van der Waals surface area (Å²) in [5.74, 6) is 0.0341. The number of nitrogens with one attached hydrogen (secondary N) is 1. The molecule has 0 aromatic heterocycles. The summed E-state index contributed by atoms with van der Waals surface area (Å²) in [5.41, 5.74) is 0.836. The van der Waals surface area contributed by atoms with Gasteiger partial charge < -0.3 is 10.4 Å². The van der Waals surface area contributed by atoms with Crippen LogP contribution in [-0.2, 0) is 4.79 Å². The molecule has 5 heteroatoms. The van der Waals surface area contributed by atoms with Gasteiger partial charge in [-0.2, -0.15) is 0 Å². The van der Waals surface area contributed by atoms with Crippen molar-refractivity contribution in [3.63, 3.8) is 0 Å². The predicted molar refractivity (Wildman–Crippen MR) is 79.6 cm³/mol. The van der Waals surface area contributed by atoms with E-state index in [2.05, 4.69) is 15.1 Å². The van der Waals surface area contributed by atoms with Gasteiger partial charge >= 0.3 is 0 Å². The van der Waals surface area contributed by atoms with Crippen molar-refractivity contribution in [1.82, 2.24) is 9.80 Å². The fourth-order valence-electron chi connectivity index (χ4n) is 2.45. The first kappa shape index (κ1) is 15.0. The number of aliphatic hydroxyl groups excluding tert-OH is 1. The molecule has 1 aliphatic heterocycles. The normalized spacial score (nSPS) is 18.7. The van der Waals surface area contributed by atoms with E-state index in [1.807, 2.05) is 37.3 Å². The zero-order chi connectivity index (χ0) is 14.4. The van der Waals surface area contributed by atoms with Gasteiger partial charge in [0, 0.05) is 38.4 Å². The second-order valence-corrected chi connectivity index (χ2v) is 5.13. The molecule has 1 atom stereocenters. The van der Waals surface area contributed by atoms with E-state index >= 15 is 0 Å². The molecule has 20 heavy (non-hydrogen) atoms. The van der Waals surface area contributed by atoms with Crippen LogP contribution < -0.4 is 5.32 Å². The molecule has 110 valence electrons. The van der Waals surface area contributed by atoms with Crippen molar-refractivity contribution >= 4 is 11.6 Å². The summed E-state index contributed by atoms with van der Waals surface area (Å²) >= 11 is 0. The third-order valence-corrected chi connectivity index (χ3v) is 3.79. The van der Waals surface area contributed by atoms with Gasteiger partial charge in [0.1, 0.15) is 0 Å². The number of benzene rings is 1. The fraction of sp³-hybridized carbons (Fsp3) is 0.533. The van der Waals surface area contributed by atoms with Crippen LogP contribution in [0.15, 0.2) is 30.3 Å². The number of amides is 1. The zero-order valence-corrected chi connectivity index (χ0v) is 12.0. The summed E-state index contributed by atoms with van der Waals surface area (Å²) in [6.07, 6.45) is 0. The second kappa shape index (κ2) is 7.38. The number of β-amino-alcohol motifs (C(OH)–C–C–N with tert-alkyl or cyclic N) is 1. The summed E-state index contributed by atoms with van der Waals surface area (Å²) in [5, 5.41) is 11.9. The Morgan fingerprint density at radius 1 is 1.25 bits per heavy atom. The highest BCUT2D eigenvalue weighted by molar-refractivity contribution is 5.94. The van der Waals surface area contributed by atoms with Crippen LogP contribution in [-0.4, -0.2) is 66.2 Å². The highest BCUT2D eigenvalue weighted by Gasteiger charge is 2.25. The van der Waals surface area contributed by atoms with Gasteiger partial charge in [-0.3, -0.25) is 14.6 Å². The highest BCUT2D eigenvalue weighted by atomic mass is 16.3. The second-order valence-electron chi connectivity index (χ2n) is 5.13. The van der Waals surface area contributed by atoms with Crippen molar-refractivity contribution in [2.75, 3.05) is 44.6 Å². The Balaban J connectivity index is 1.82. The number of hydrogen-bond donors (Lipinski definition) is 2. The number of nitrogens with zero attached hydrogens (tertiary/aromatic N) is 2. The molecule has 1 aromatic rings. The Hall–Kier alpha value is -1.43. The van der Waals surface area contributed by atoms with Gasteiger partial charge in [-0.25, -0.2) is 0 Å². The Kier molecular flexibility index (Phi) is 5.52. The number of carbonyl (C=O) groups excluding carboxylic acids is 1. The molecule has 1 aromatic carbocycles. The largest absolute Gasteiger partial charge is 0.395 e. The van der Waals surface area contributed by atoms with Crippen LogP contribution >= 0.6 is 0 Å². The van der Waals surface area contributed by atoms with Crippen molar-refractivity contribution in [3.8, 4) is 0 Å². The molecule has 1 saturated heterocycles. The maximum atomic E-state index is 12.2. The van der Waals surface area contributed by atoms with Crippen LogP contribution in [0.5, 0.6) is 0 Å². The molecular formula is C15H23N3O2. The van der Waals surface area contributed by atoms with Crippen molar-refractivity contribution in [2.45, 2.75) is 13.0 Å². The fourth-order valence-corrected chi connectivity index (χ4v) is 2.45. The van der Waals surface area contributed by atoms with Crippen LogP contribution in [0.1, 0.15) is 6.92 Å². The quantitative estimate of drug-likeness (QED) is 0.828. The molecule has 0 saturated carbocycles. The molecule has 1 aliphatic rings. The third-order valence-electron chi connectivity index (χ3n) is 3.79. The van der Waals surface area contributed by atoms with Gasteiger partial charge in [0.15, 0.2) is 0 Å². The average molecular weight is 277 g/mol. The minimum Gasteiger partial charge on any atom is -0.395 e. The molecule has 0 radical (unpaired) electrons. The van der Waals surface area contributed by atoms with E-state index in [0.29, 0.717) is 0 Å². The molecule has 2 N–H and O–H groups in total. The predicted octanol–water partition coefficient (Wildman–Crippen LogP) is 0.623. The van der Waals surface area contributed by atoms with Gasteiger partial charge in [-0.05, 0) is 19.1 Å². The van der Waals surface area contributed by atoms with E-state index < -0.39 is 0 Å². The van der Waals surface area contributed by atoms with Gasteiger partial charge in [0.25, 0.3) is 0 Å². The Labute approximate surface area is 120 Å². The zero-order valence-electron chi connectivity index (χ0n) is 12.0. The van der Waals surface area contributed by atoms with Crippen LogP contribution in [0, 0.1) is 0 Å². The average Bonchev–Trinajstić information content (AvgIpc) is 2.48. The maximum Gasteiger partial charge on any atom is 0.241 e.